The van der Waals surface area contributed by atoms with Crippen molar-refractivity contribution < 1.29 is 4.79 Å². The molecular formula is C13H20N4O. The molecule has 2 fully saturated rings. The molecule has 0 saturated heterocycles. The van der Waals surface area contributed by atoms with Gasteiger partial charge in [0.05, 0.1) is 11.9 Å². The van der Waals surface area contributed by atoms with Crippen molar-refractivity contribution >= 4 is 11.6 Å². The summed E-state index contributed by atoms with van der Waals surface area (Å²) in [5.41, 5.74) is 1.02. The van der Waals surface area contributed by atoms with E-state index in [4.69, 9.17) is 0 Å². The van der Waals surface area contributed by atoms with Crippen molar-refractivity contribution in [1.82, 2.24) is 15.1 Å². The van der Waals surface area contributed by atoms with Crippen molar-refractivity contribution in [2.75, 3.05) is 5.32 Å². The fourth-order valence-electron chi connectivity index (χ4n) is 2.43. The number of hydrogen-bond donors (Lipinski definition) is 2. The van der Waals surface area contributed by atoms with Gasteiger partial charge < -0.3 is 10.6 Å². The minimum Gasteiger partial charge on any atom is -0.380 e. The number of rotatable bonds is 5. The maximum Gasteiger partial charge on any atom is 0.241 e. The van der Waals surface area contributed by atoms with Gasteiger partial charge in [0.25, 0.3) is 0 Å². The average molecular weight is 248 g/mol. The van der Waals surface area contributed by atoms with Gasteiger partial charge in [-0.3, -0.25) is 9.48 Å². The Morgan fingerprint density at radius 2 is 2.22 bits per heavy atom. The Labute approximate surface area is 107 Å². The zero-order chi connectivity index (χ0) is 12.5. The van der Waals surface area contributed by atoms with Crippen LogP contribution in [0.4, 0.5) is 5.69 Å². The third kappa shape index (κ3) is 2.83. The Morgan fingerprint density at radius 1 is 1.44 bits per heavy atom. The van der Waals surface area contributed by atoms with Crippen LogP contribution in [0.2, 0.25) is 0 Å². The molecule has 0 bridgehead atoms. The van der Waals surface area contributed by atoms with Gasteiger partial charge in [-0.15, -0.1) is 0 Å². The van der Waals surface area contributed by atoms with Gasteiger partial charge in [0, 0.05) is 18.3 Å². The molecule has 2 N–H and O–H groups in total. The van der Waals surface area contributed by atoms with Crippen LogP contribution in [-0.4, -0.2) is 27.8 Å². The zero-order valence-corrected chi connectivity index (χ0v) is 10.7. The van der Waals surface area contributed by atoms with Gasteiger partial charge in [-0.25, -0.2) is 0 Å². The fourth-order valence-corrected chi connectivity index (χ4v) is 2.43. The molecule has 5 heteroatoms. The molecular weight excluding hydrogens is 228 g/mol. The molecule has 0 radical (unpaired) electrons. The summed E-state index contributed by atoms with van der Waals surface area (Å²) >= 11 is 0. The third-order valence-corrected chi connectivity index (χ3v) is 3.63. The number of nitrogens with zero attached hydrogens (tertiary/aromatic N) is 2. The summed E-state index contributed by atoms with van der Waals surface area (Å²) in [6, 6.07) is 1.00. The average Bonchev–Trinajstić information content (AvgIpc) is 2.97. The van der Waals surface area contributed by atoms with Gasteiger partial charge in [0.1, 0.15) is 6.54 Å². The van der Waals surface area contributed by atoms with Crippen molar-refractivity contribution in [2.24, 2.45) is 5.92 Å². The van der Waals surface area contributed by atoms with Crippen LogP contribution in [0.15, 0.2) is 12.4 Å². The molecule has 2 aliphatic carbocycles. The SMILES string of the molecule is CC1CC(Nc2cnn(CC(=O)NC3CC3)c2)C1. The van der Waals surface area contributed by atoms with Crippen LogP contribution in [0.5, 0.6) is 0 Å². The Hall–Kier alpha value is -1.52. The van der Waals surface area contributed by atoms with Gasteiger partial charge in [-0.2, -0.15) is 5.10 Å². The van der Waals surface area contributed by atoms with E-state index >= 15 is 0 Å². The molecule has 1 amide bonds. The van der Waals surface area contributed by atoms with E-state index in [0.717, 1.165) is 24.4 Å². The maximum atomic E-state index is 11.6. The number of nitrogens with one attached hydrogen (secondary N) is 2. The molecule has 2 aliphatic rings. The first-order chi connectivity index (χ1) is 8.69. The van der Waals surface area contributed by atoms with Gasteiger partial charge in [-0.1, -0.05) is 6.92 Å². The molecule has 2 saturated carbocycles. The molecule has 1 aromatic heterocycles. The number of carbonyl (C=O) groups excluding carboxylic acids is 1. The molecule has 1 heterocycles. The Morgan fingerprint density at radius 3 is 2.89 bits per heavy atom. The van der Waals surface area contributed by atoms with Crippen molar-refractivity contribution in [1.29, 1.82) is 0 Å². The molecule has 0 aromatic carbocycles. The Kier molecular flexibility index (Phi) is 2.97. The fraction of sp³-hybridized carbons (Fsp3) is 0.692. The molecule has 0 atom stereocenters. The lowest BCUT2D eigenvalue weighted by atomic mass is 9.82. The summed E-state index contributed by atoms with van der Waals surface area (Å²) in [5.74, 6) is 0.895. The van der Waals surface area contributed by atoms with Gasteiger partial charge in [0.2, 0.25) is 5.91 Å². The number of anilines is 1. The van der Waals surface area contributed by atoms with Crippen LogP contribution >= 0.6 is 0 Å². The van der Waals surface area contributed by atoms with E-state index in [2.05, 4.69) is 22.7 Å². The third-order valence-electron chi connectivity index (χ3n) is 3.63. The standard InChI is InChI=1S/C13H20N4O/c1-9-4-11(5-9)15-12-6-14-17(7-12)8-13(18)16-10-2-3-10/h6-7,9-11,15H,2-5,8H2,1H3,(H,16,18). The van der Waals surface area contributed by atoms with Crippen LogP contribution in [-0.2, 0) is 11.3 Å². The summed E-state index contributed by atoms with van der Waals surface area (Å²) < 4.78 is 1.70. The van der Waals surface area contributed by atoms with Crippen LogP contribution in [0.25, 0.3) is 0 Å². The van der Waals surface area contributed by atoms with Gasteiger partial charge in [-0.05, 0) is 31.6 Å². The van der Waals surface area contributed by atoms with Crippen LogP contribution in [0, 0.1) is 5.92 Å². The smallest absolute Gasteiger partial charge is 0.241 e. The van der Waals surface area contributed by atoms with Gasteiger partial charge in [0.15, 0.2) is 0 Å². The van der Waals surface area contributed by atoms with Crippen molar-refractivity contribution in [2.45, 2.75) is 51.2 Å². The highest BCUT2D eigenvalue weighted by molar-refractivity contribution is 5.76. The second-order valence-corrected chi connectivity index (χ2v) is 5.69. The summed E-state index contributed by atoms with van der Waals surface area (Å²) in [4.78, 5) is 11.6. The van der Waals surface area contributed by atoms with Crippen LogP contribution < -0.4 is 10.6 Å². The molecule has 0 spiro atoms. The van der Waals surface area contributed by atoms with Gasteiger partial charge >= 0.3 is 0 Å². The van der Waals surface area contributed by atoms with E-state index in [9.17, 15) is 4.79 Å². The predicted octanol–water partition coefficient (Wildman–Crippen LogP) is 1.37. The van der Waals surface area contributed by atoms with E-state index < -0.39 is 0 Å². The second-order valence-electron chi connectivity index (χ2n) is 5.69. The molecule has 0 unspecified atom stereocenters. The predicted molar refractivity (Wildman–Crippen MR) is 69.2 cm³/mol. The lowest BCUT2D eigenvalue weighted by Crippen LogP contribution is -2.33. The summed E-state index contributed by atoms with van der Waals surface area (Å²) in [6.07, 6.45) is 8.42. The first-order valence-corrected chi connectivity index (χ1v) is 6.77. The van der Waals surface area contributed by atoms with Crippen molar-refractivity contribution in [3.63, 3.8) is 0 Å². The molecule has 18 heavy (non-hydrogen) atoms. The summed E-state index contributed by atoms with van der Waals surface area (Å²) in [7, 11) is 0. The van der Waals surface area contributed by atoms with E-state index in [1.165, 1.54) is 12.8 Å². The molecule has 5 nitrogen and oxygen atoms in total. The Balaban J connectivity index is 1.47. The highest BCUT2D eigenvalue weighted by atomic mass is 16.2. The molecule has 1 aromatic rings. The maximum absolute atomic E-state index is 11.6. The highest BCUT2D eigenvalue weighted by Gasteiger charge is 2.25. The minimum absolute atomic E-state index is 0.0596. The normalized spacial score (nSPS) is 26.5. The first-order valence-electron chi connectivity index (χ1n) is 6.77. The van der Waals surface area contributed by atoms with E-state index in [0.29, 0.717) is 18.6 Å². The second kappa shape index (κ2) is 4.63. The first kappa shape index (κ1) is 11.6. The minimum atomic E-state index is 0.0596. The van der Waals surface area contributed by atoms with E-state index in [1.807, 2.05) is 6.20 Å². The van der Waals surface area contributed by atoms with E-state index in [1.54, 1.807) is 10.9 Å². The Bertz CT molecular complexity index is 432. The van der Waals surface area contributed by atoms with Crippen molar-refractivity contribution in [3.8, 4) is 0 Å². The molecule has 0 aliphatic heterocycles. The number of carbonyl (C=O) groups is 1. The largest absolute Gasteiger partial charge is 0.380 e. The van der Waals surface area contributed by atoms with Crippen LogP contribution in [0.1, 0.15) is 32.6 Å². The lowest BCUT2D eigenvalue weighted by Gasteiger charge is -2.33. The molecule has 3 rings (SSSR count). The zero-order valence-electron chi connectivity index (χ0n) is 10.7. The lowest BCUT2D eigenvalue weighted by molar-refractivity contribution is -0.122. The topological polar surface area (TPSA) is 59.0 Å². The summed E-state index contributed by atoms with van der Waals surface area (Å²) in [5, 5.41) is 10.6. The molecule has 98 valence electrons. The number of aromatic nitrogens is 2. The number of amides is 1. The monoisotopic (exact) mass is 248 g/mol. The summed E-state index contributed by atoms with van der Waals surface area (Å²) in [6.45, 7) is 2.59. The quantitative estimate of drug-likeness (QED) is 0.827. The highest BCUT2D eigenvalue weighted by Crippen LogP contribution is 2.29. The number of hydrogen-bond acceptors (Lipinski definition) is 3. The van der Waals surface area contributed by atoms with Crippen molar-refractivity contribution in [3.05, 3.63) is 12.4 Å². The van der Waals surface area contributed by atoms with Crippen LogP contribution in [0.3, 0.4) is 0 Å². The van der Waals surface area contributed by atoms with E-state index in [-0.39, 0.29) is 5.91 Å².